The Morgan fingerprint density at radius 1 is 0.905 bits per heavy atom. The third-order valence-electron chi connectivity index (χ3n) is 9.75. The summed E-state index contributed by atoms with van der Waals surface area (Å²) in [6.45, 7) is 17.8. The number of nitrogens with zero attached hydrogens (tertiary/aromatic N) is 1. The summed E-state index contributed by atoms with van der Waals surface area (Å²) in [6, 6.07) is 12.0. The molecule has 1 aliphatic carbocycles. The van der Waals surface area contributed by atoms with Crippen LogP contribution in [0.15, 0.2) is 54.7 Å². The van der Waals surface area contributed by atoms with Gasteiger partial charge >= 0.3 is 0 Å². The summed E-state index contributed by atoms with van der Waals surface area (Å²) >= 11 is 0. The zero-order valence-corrected chi connectivity index (χ0v) is 27.7. The average molecular weight is 596 g/mol. The first-order valence-electron chi connectivity index (χ1n) is 15.5. The second-order valence-corrected chi connectivity index (χ2v) is 19.1. The first-order valence-corrected chi connectivity index (χ1v) is 18.4. The molecule has 0 saturated heterocycles. The van der Waals surface area contributed by atoms with Gasteiger partial charge in [-0.05, 0) is 83.8 Å². The molecule has 4 rings (SSSR count). The Morgan fingerprint density at radius 2 is 1.45 bits per heavy atom. The molecule has 1 aromatic heterocycles. The highest BCUT2D eigenvalue weighted by molar-refractivity contribution is 6.74. The van der Waals surface area contributed by atoms with Gasteiger partial charge in [-0.25, -0.2) is 13.2 Å². The minimum Gasteiger partial charge on any atom is -0.410 e. The standard InChI is InChI=1S/C36H48F3NOSi/c1-9-36(5,6)22-30(41-42(7,8)35(2,3)4)29-23-40-34(26-12-10-11-13-26)32(31(29)24-14-18-27(37)19-15-24)33(39)25-16-20-28(38)21-17-25/h14-21,23,26,30,33H,9-13,22H2,1-8H3/t30-,33?/m0/s1. The predicted molar refractivity (Wildman–Crippen MR) is 170 cm³/mol. The summed E-state index contributed by atoms with van der Waals surface area (Å²) in [5, 5.41) is -0.0333. The molecule has 2 nitrogen and oxygen atoms in total. The highest BCUT2D eigenvalue weighted by Gasteiger charge is 2.42. The van der Waals surface area contributed by atoms with Gasteiger partial charge in [0.15, 0.2) is 14.5 Å². The number of alkyl halides is 1. The van der Waals surface area contributed by atoms with Gasteiger partial charge in [0.2, 0.25) is 0 Å². The Hall–Kier alpha value is -2.44. The van der Waals surface area contributed by atoms with Crippen LogP contribution in [-0.2, 0) is 4.43 Å². The van der Waals surface area contributed by atoms with Crippen molar-refractivity contribution in [1.29, 1.82) is 0 Å². The van der Waals surface area contributed by atoms with Crippen LogP contribution in [0, 0.1) is 17.0 Å². The number of rotatable bonds is 10. The molecule has 2 atom stereocenters. The van der Waals surface area contributed by atoms with E-state index in [1.54, 1.807) is 12.1 Å². The first-order chi connectivity index (χ1) is 19.6. The van der Waals surface area contributed by atoms with Crippen molar-refractivity contribution < 1.29 is 17.6 Å². The van der Waals surface area contributed by atoms with Crippen LogP contribution in [0.2, 0.25) is 18.1 Å². The molecule has 0 N–H and O–H groups in total. The second kappa shape index (κ2) is 12.7. The SMILES string of the molecule is CCC(C)(C)C[C@H](O[Si](C)(C)C(C)(C)C)c1cnc(C2CCCC2)c(C(F)c2ccc(F)cc2)c1-c1ccc(F)cc1. The molecular weight excluding hydrogens is 547 g/mol. The van der Waals surface area contributed by atoms with Crippen LogP contribution in [0.1, 0.15) is 121 Å². The van der Waals surface area contributed by atoms with Crippen LogP contribution in [0.5, 0.6) is 0 Å². The summed E-state index contributed by atoms with van der Waals surface area (Å²) in [5.41, 5.74) is 3.93. The Balaban J connectivity index is 2.04. The van der Waals surface area contributed by atoms with Gasteiger partial charge in [0.25, 0.3) is 0 Å². The van der Waals surface area contributed by atoms with Crippen LogP contribution >= 0.6 is 0 Å². The topological polar surface area (TPSA) is 22.1 Å². The van der Waals surface area contributed by atoms with E-state index in [0.29, 0.717) is 11.1 Å². The van der Waals surface area contributed by atoms with E-state index in [2.05, 4.69) is 54.6 Å². The number of pyridine rings is 1. The summed E-state index contributed by atoms with van der Waals surface area (Å²) in [6.07, 6.45) is 5.81. The van der Waals surface area contributed by atoms with Gasteiger partial charge in [-0.2, -0.15) is 0 Å². The second-order valence-electron chi connectivity index (χ2n) is 14.4. The summed E-state index contributed by atoms with van der Waals surface area (Å²) < 4.78 is 52.4. The molecule has 0 radical (unpaired) electrons. The first kappa shape index (κ1) is 32.5. The maximum Gasteiger partial charge on any atom is 0.192 e. The van der Waals surface area contributed by atoms with Crippen molar-refractivity contribution >= 4 is 8.32 Å². The van der Waals surface area contributed by atoms with Crippen molar-refractivity contribution in [3.8, 4) is 11.1 Å². The largest absolute Gasteiger partial charge is 0.410 e. The molecule has 42 heavy (non-hydrogen) atoms. The Kier molecular flexibility index (Phi) is 9.78. The average Bonchev–Trinajstić information content (AvgIpc) is 3.46. The molecule has 2 aromatic carbocycles. The quantitative estimate of drug-likeness (QED) is 0.218. The van der Waals surface area contributed by atoms with Crippen LogP contribution in [0.3, 0.4) is 0 Å². The molecule has 1 fully saturated rings. The van der Waals surface area contributed by atoms with E-state index < -0.39 is 20.3 Å². The van der Waals surface area contributed by atoms with E-state index in [9.17, 15) is 8.78 Å². The molecule has 6 heteroatoms. The number of benzene rings is 2. The fraction of sp³-hybridized carbons (Fsp3) is 0.528. The maximum atomic E-state index is 17.0. The predicted octanol–water partition coefficient (Wildman–Crippen LogP) is 11.6. The van der Waals surface area contributed by atoms with Gasteiger partial charge in [0.05, 0.1) is 11.8 Å². The van der Waals surface area contributed by atoms with Crippen molar-refractivity contribution in [3.63, 3.8) is 0 Å². The van der Waals surface area contributed by atoms with Gasteiger partial charge in [0.1, 0.15) is 11.6 Å². The van der Waals surface area contributed by atoms with Gasteiger partial charge in [0, 0.05) is 23.2 Å². The van der Waals surface area contributed by atoms with E-state index in [0.717, 1.165) is 60.9 Å². The molecular formula is C36H48F3NOSi. The van der Waals surface area contributed by atoms with Gasteiger partial charge in [-0.15, -0.1) is 0 Å². The van der Waals surface area contributed by atoms with E-state index in [1.165, 1.54) is 36.4 Å². The lowest BCUT2D eigenvalue weighted by molar-refractivity contribution is 0.120. The van der Waals surface area contributed by atoms with Crippen molar-refractivity contribution in [1.82, 2.24) is 4.98 Å². The third-order valence-corrected chi connectivity index (χ3v) is 14.2. The zero-order chi connectivity index (χ0) is 30.9. The summed E-state index contributed by atoms with van der Waals surface area (Å²) in [4.78, 5) is 5.04. The third kappa shape index (κ3) is 7.19. The number of hydrogen-bond acceptors (Lipinski definition) is 2. The molecule has 1 saturated carbocycles. The van der Waals surface area contributed by atoms with E-state index in [-0.39, 0.29) is 28.3 Å². The fourth-order valence-corrected chi connectivity index (χ4v) is 6.99. The van der Waals surface area contributed by atoms with Crippen LogP contribution < -0.4 is 0 Å². The number of aromatic nitrogens is 1. The highest BCUT2D eigenvalue weighted by atomic mass is 28.4. The molecule has 0 amide bonds. The Bertz CT molecular complexity index is 1340. The van der Waals surface area contributed by atoms with Gasteiger partial charge < -0.3 is 4.43 Å². The molecule has 0 bridgehead atoms. The molecule has 1 aliphatic rings. The van der Waals surface area contributed by atoms with Crippen molar-refractivity contribution in [2.75, 3.05) is 0 Å². The Labute approximate surface area is 252 Å². The van der Waals surface area contributed by atoms with Crippen molar-refractivity contribution in [2.24, 2.45) is 5.41 Å². The van der Waals surface area contributed by atoms with E-state index >= 15 is 4.39 Å². The lowest BCUT2D eigenvalue weighted by Gasteiger charge is -2.42. The van der Waals surface area contributed by atoms with Gasteiger partial charge in [-0.1, -0.05) is 85.1 Å². The molecule has 0 aliphatic heterocycles. The zero-order valence-electron chi connectivity index (χ0n) is 26.7. The minimum absolute atomic E-state index is 0.0333. The van der Waals surface area contributed by atoms with E-state index in [4.69, 9.17) is 9.41 Å². The molecule has 1 heterocycles. The van der Waals surface area contributed by atoms with Crippen LogP contribution in [0.25, 0.3) is 11.1 Å². The minimum atomic E-state index is -2.27. The van der Waals surface area contributed by atoms with Crippen molar-refractivity contribution in [2.45, 2.75) is 116 Å². The normalized spacial score (nSPS) is 16.5. The lowest BCUT2D eigenvalue weighted by atomic mass is 9.79. The lowest BCUT2D eigenvalue weighted by Crippen LogP contribution is -2.42. The van der Waals surface area contributed by atoms with Gasteiger partial charge in [-0.3, -0.25) is 4.98 Å². The number of halogens is 3. The fourth-order valence-electron chi connectivity index (χ4n) is 5.71. The summed E-state index contributed by atoms with van der Waals surface area (Å²) in [7, 11) is -2.27. The number of hydrogen-bond donors (Lipinski definition) is 0. The summed E-state index contributed by atoms with van der Waals surface area (Å²) in [5.74, 6) is -0.612. The highest BCUT2D eigenvalue weighted by Crippen LogP contribution is 2.49. The molecule has 228 valence electrons. The Morgan fingerprint density at radius 3 is 1.98 bits per heavy atom. The van der Waals surface area contributed by atoms with E-state index in [1.807, 2.05) is 6.20 Å². The van der Waals surface area contributed by atoms with Crippen molar-refractivity contribution in [3.05, 3.63) is 88.7 Å². The molecule has 3 aromatic rings. The maximum absolute atomic E-state index is 17.0. The monoisotopic (exact) mass is 595 g/mol. The molecule has 0 spiro atoms. The van der Waals surface area contributed by atoms with Crippen LogP contribution in [-0.4, -0.2) is 13.3 Å². The smallest absolute Gasteiger partial charge is 0.192 e. The van der Waals surface area contributed by atoms with Crippen LogP contribution in [0.4, 0.5) is 13.2 Å². The molecule has 1 unspecified atom stereocenters.